The summed E-state index contributed by atoms with van der Waals surface area (Å²) in [5.74, 6) is 0. The number of rotatable bonds is 3. The van der Waals surface area contributed by atoms with Gasteiger partial charge in [0.1, 0.15) is 0 Å². The van der Waals surface area contributed by atoms with E-state index in [1.165, 1.54) is 45.2 Å². The number of nitrogens with zero attached hydrogens (tertiary/aromatic N) is 1. The Morgan fingerprint density at radius 3 is 2.29 bits per heavy atom. The fraction of sp³-hybridized carbons (Fsp3) is 1.00. The minimum atomic E-state index is 0.655. The molecule has 1 aliphatic carbocycles. The van der Waals surface area contributed by atoms with Crippen LogP contribution in [0.2, 0.25) is 0 Å². The van der Waals surface area contributed by atoms with Crippen LogP contribution in [0.1, 0.15) is 46.0 Å². The van der Waals surface area contributed by atoms with E-state index < -0.39 is 0 Å². The average Bonchev–Trinajstić information content (AvgIpc) is 2.12. The van der Waals surface area contributed by atoms with Crippen LogP contribution in [-0.4, -0.2) is 36.1 Å². The van der Waals surface area contributed by atoms with Crippen molar-refractivity contribution in [2.75, 3.05) is 13.1 Å². The quantitative estimate of drug-likeness (QED) is 0.743. The van der Waals surface area contributed by atoms with Crippen LogP contribution < -0.4 is 5.32 Å². The van der Waals surface area contributed by atoms with E-state index in [9.17, 15) is 0 Å². The topological polar surface area (TPSA) is 15.3 Å². The molecule has 0 spiro atoms. The maximum absolute atomic E-state index is 3.62. The van der Waals surface area contributed by atoms with E-state index in [0.29, 0.717) is 6.04 Å². The molecule has 1 N–H and O–H groups in total. The molecule has 0 aromatic heterocycles. The van der Waals surface area contributed by atoms with Crippen LogP contribution in [0.4, 0.5) is 0 Å². The third-order valence-electron chi connectivity index (χ3n) is 3.59. The summed E-state index contributed by atoms with van der Waals surface area (Å²) in [5.41, 5.74) is 0. The van der Waals surface area contributed by atoms with Crippen molar-refractivity contribution in [3.05, 3.63) is 0 Å². The third-order valence-corrected chi connectivity index (χ3v) is 3.59. The standard InChI is InChI=1S/C12H24N2/c1-10(2)13-11-8-12(9-11)14-6-4-3-5-7-14/h10-13H,3-9H2,1-2H3. The van der Waals surface area contributed by atoms with Gasteiger partial charge >= 0.3 is 0 Å². The number of likely N-dealkylation sites (tertiary alicyclic amines) is 1. The highest BCUT2D eigenvalue weighted by molar-refractivity contribution is 4.93. The van der Waals surface area contributed by atoms with Crippen molar-refractivity contribution in [3.8, 4) is 0 Å². The molecule has 14 heavy (non-hydrogen) atoms. The highest BCUT2D eigenvalue weighted by atomic mass is 15.2. The minimum Gasteiger partial charge on any atom is -0.312 e. The molecule has 1 heterocycles. The van der Waals surface area contributed by atoms with E-state index in [2.05, 4.69) is 24.1 Å². The van der Waals surface area contributed by atoms with Gasteiger partial charge in [-0.3, -0.25) is 0 Å². The van der Waals surface area contributed by atoms with Crippen LogP contribution in [0, 0.1) is 0 Å². The lowest BCUT2D eigenvalue weighted by Crippen LogP contribution is -2.54. The zero-order chi connectivity index (χ0) is 9.97. The summed E-state index contributed by atoms with van der Waals surface area (Å²) in [6.45, 7) is 7.21. The van der Waals surface area contributed by atoms with Crippen LogP contribution in [0.25, 0.3) is 0 Å². The molecule has 0 aromatic carbocycles. The second-order valence-electron chi connectivity index (χ2n) is 5.24. The van der Waals surface area contributed by atoms with Crippen molar-refractivity contribution in [1.82, 2.24) is 10.2 Å². The predicted molar refractivity (Wildman–Crippen MR) is 60.5 cm³/mol. The lowest BCUT2D eigenvalue weighted by molar-refractivity contribution is 0.0757. The largest absolute Gasteiger partial charge is 0.312 e. The molecule has 82 valence electrons. The molecule has 1 saturated carbocycles. The van der Waals surface area contributed by atoms with Crippen molar-refractivity contribution in [2.24, 2.45) is 0 Å². The Morgan fingerprint density at radius 2 is 1.71 bits per heavy atom. The van der Waals surface area contributed by atoms with Crippen LogP contribution in [0.15, 0.2) is 0 Å². The summed E-state index contributed by atoms with van der Waals surface area (Å²) in [6, 6.07) is 2.37. The fourth-order valence-electron chi connectivity index (χ4n) is 2.78. The first-order valence-electron chi connectivity index (χ1n) is 6.26. The maximum Gasteiger partial charge on any atom is 0.0125 e. The Balaban J connectivity index is 1.66. The molecule has 1 aliphatic heterocycles. The molecule has 0 bridgehead atoms. The van der Waals surface area contributed by atoms with E-state index in [4.69, 9.17) is 0 Å². The van der Waals surface area contributed by atoms with Gasteiger partial charge in [0.15, 0.2) is 0 Å². The molecular weight excluding hydrogens is 172 g/mol. The monoisotopic (exact) mass is 196 g/mol. The second kappa shape index (κ2) is 4.63. The van der Waals surface area contributed by atoms with Crippen LogP contribution in [0.3, 0.4) is 0 Å². The van der Waals surface area contributed by atoms with Gasteiger partial charge in [-0.15, -0.1) is 0 Å². The third kappa shape index (κ3) is 2.48. The molecule has 0 aromatic rings. The van der Waals surface area contributed by atoms with Crippen molar-refractivity contribution in [1.29, 1.82) is 0 Å². The highest BCUT2D eigenvalue weighted by Gasteiger charge is 2.33. The lowest BCUT2D eigenvalue weighted by Gasteiger charge is -2.45. The smallest absolute Gasteiger partial charge is 0.0125 e. The molecule has 1 saturated heterocycles. The summed E-state index contributed by atoms with van der Waals surface area (Å²) >= 11 is 0. The Hall–Kier alpha value is -0.0800. The van der Waals surface area contributed by atoms with Crippen molar-refractivity contribution in [2.45, 2.75) is 64.1 Å². The number of piperidine rings is 1. The van der Waals surface area contributed by atoms with Crippen molar-refractivity contribution >= 4 is 0 Å². The maximum atomic E-state index is 3.62. The molecule has 2 fully saturated rings. The Bertz CT molecular complexity index is 167. The molecule has 2 aliphatic rings. The zero-order valence-corrected chi connectivity index (χ0v) is 9.63. The van der Waals surface area contributed by atoms with Gasteiger partial charge in [-0.1, -0.05) is 20.3 Å². The molecule has 2 nitrogen and oxygen atoms in total. The summed E-state index contributed by atoms with van der Waals surface area (Å²) in [4.78, 5) is 2.71. The van der Waals surface area contributed by atoms with E-state index in [0.717, 1.165) is 12.1 Å². The zero-order valence-electron chi connectivity index (χ0n) is 9.63. The average molecular weight is 196 g/mol. The molecule has 2 heteroatoms. The van der Waals surface area contributed by atoms with E-state index in [1.807, 2.05) is 0 Å². The van der Waals surface area contributed by atoms with Crippen LogP contribution >= 0.6 is 0 Å². The number of hydrogen-bond acceptors (Lipinski definition) is 2. The predicted octanol–water partition coefficient (Wildman–Crippen LogP) is 2.00. The van der Waals surface area contributed by atoms with Crippen molar-refractivity contribution in [3.63, 3.8) is 0 Å². The van der Waals surface area contributed by atoms with Gasteiger partial charge in [0.05, 0.1) is 0 Å². The van der Waals surface area contributed by atoms with Crippen molar-refractivity contribution < 1.29 is 0 Å². The van der Waals surface area contributed by atoms with Crippen LogP contribution in [-0.2, 0) is 0 Å². The van der Waals surface area contributed by atoms with Gasteiger partial charge in [0, 0.05) is 18.1 Å². The minimum absolute atomic E-state index is 0.655. The molecule has 0 radical (unpaired) electrons. The molecule has 2 rings (SSSR count). The van der Waals surface area contributed by atoms with E-state index >= 15 is 0 Å². The normalized spacial score (nSPS) is 34.5. The molecular formula is C12H24N2. The summed E-state index contributed by atoms with van der Waals surface area (Å²) in [6.07, 6.45) is 7.09. The van der Waals surface area contributed by atoms with Gasteiger partial charge in [-0.2, -0.15) is 0 Å². The Morgan fingerprint density at radius 1 is 1.07 bits per heavy atom. The lowest BCUT2D eigenvalue weighted by atomic mass is 9.84. The van der Waals surface area contributed by atoms with Gasteiger partial charge in [0.25, 0.3) is 0 Å². The van der Waals surface area contributed by atoms with Gasteiger partial charge in [-0.25, -0.2) is 0 Å². The van der Waals surface area contributed by atoms with Crippen LogP contribution in [0.5, 0.6) is 0 Å². The summed E-state index contributed by atoms with van der Waals surface area (Å²) < 4.78 is 0. The molecule has 0 amide bonds. The highest BCUT2D eigenvalue weighted by Crippen LogP contribution is 2.28. The number of hydrogen-bond donors (Lipinski definition) is 1. The second-order valence-corrected chi connectivity index (χ2v) is 5.24. The van der Waals surface area contributed by atoms with E-state index in [1.54, 1.807) is 0 Å². The van der Waals surface area contributed by atoms with Gasteiger partial charge in [0.2, 0.25) is 0 Å². The summed E-state index contributed by atoms with van der Waals surface area (Å²) in [5, 5.41) is 3.62. The van der Waals surface area contributed by atoms with E-state index in [-0.39, 0.29) is 0 Å². The Kier molecular flexibility index (Phi) is 3.45. The molecule has 0 unspecified atom stereocenters. The first kappa shape index (κ1) is 10.4. The van der Waals surface area contributed by atoms with Gasteiger partial charge < -0.3 is 10.2 Å². The summed E-state index contributed by atoms with van der Waals surface area (Å²) in [7, 11) is 0. The fourth-order valence-corrected chi connectivity index (χ4v) is 2.78. The molecule has 0 atom stereocenters. The first-order valence-corrected chi connectivity index (χ1v) is 6.26. The van der Waals surface area contributed by atoms with Gasteiger partial charge in [-0.05, 0) is 38.8 Å². The SMILES string of the molecule is CC(C)NC1CC(N2CCCCC2)C1. The number of nitrogens with one attached hydrogen (secondary N) is 1. The Labute approximate surface area is 88.1 Å². The first-order chi connectivity index (χ1) is 6.75.